The fraction of sp³-hybridized carbons (Fsp3) is 0.0667. The molecule has 0 amide bonds. The maximum Gasteiger partial charge on any atom is 0.296 e. The van der Waals surface area contributed by atoms with Gasteiger partial charge in [0.25, 0.3) is 5.69 Å². The zero-order valence-corrected chi connectivity index (χ0v) is 12.8. The molecule has 0 aliphatic carbocycles. The van der Waals surface area contributed by atoms with Gasteiger partial charge in [-0.2, -0.15) is 0 Å². The Morgan fingerprint density at radius 1 is 1.35 bits per heavy atom. The minimum atomic E-state index is -0.469. The molecule has 0 spiro atoms. The van der Waals surface area contributed by atoms with E-state index in [2.05, 4.69) is 9.98 Å². The average Bonchev–Trinajstić information content (AvgIpc) is 2.96. The first-order valence-electron chi connectivity index (χ1n) is 6.54. The summed E-state index contributed by atoms with van der Waals surface area (Å²) in [5.74, 6) is 0.319. The molecule has 0 aliphatic rings. The van der Waals surface area contributed by atoms with E-state index < -0.39 is 4.92 Å². The van der Waals surface area contributed by atoms with E-state index in [0.717, 1.165) is 0 Å². The second-order valence-electron chi connectivity index (χ2n) is 4.53. The number of methoxy groups -OCH3 is 1. The van der Waals surface area contributed by atoms with Crippen molar-refractivity contribution in [3.63, 3.8) is 0 Å². The van der Waals surface area contributed by atoms with E-state index in [1.165, 1.54) is 30.7 Å². The number of para-hydroxylation sites is 2. The Kier molecular flexibility index (Phi) is 3.90. The molecule has 7 nitrogen and oxygen atoms in total. The number of nitro benzene ring substituents is 1. The molecule has 0 bridgehead atoms. The predicted octanol–water partition coefficient (Wildman–Crippen LogP) is 3.67. The number of aliphatic imine (C=N–C) groups is 1. The highest BCUT2D eigenvalue weighted by molar-refractivity contribution is 7.22. The van der Waals surface area contributed by atoms with Crippen LogP contribution in [0.2, 0.25) is 0 Å². The molecule has 0 radical (unpaired) electrons. The topological polar surface area (TPSA) is 97.9 Å². The summed E-state index contributed by atoms with van der Waals surface area (Å²) in [5.41, 5.74) is 0.729. The number of nitrogens with zero attached hydrogens (tertiary/aromatic N) is 3. The summed E-state index contributed by atoms with van der Waals surface area (Å²) in [6.07, 6.45) is 1.45. The van der Waals surface area contributed by atoms with Crippen LogP contribution < -0.4 is 4.74 Å². The van der Waals surface area contributed by atoms with Gasteiger partial charge in [0.05, 0.1) is 16.7 Å². The third-order valence-corrected chi connectivity index (χ3v) is 4.08. The number of phenolic OH excluding ortho intramolecular Hbond substituents is 1. The van der Waals surface area contributed by atoms with Crippen molar-refractivity contribution in [3.8, 4) is 11.5 Å². The summed E-state index contributed by atoms with van der Waals surface area (Å²) in [5, 5.41) is 21.4. The number of benzene rings is 2. The van der Waals surface area contributed by atoms with Crippen molar-refractivity contribution in [2.75, 3.05) is 7.11 Å². The minimum absolute atomic E-state index is 0.0224. The van der Waals surface area contributed by atoms with E-state index >= 15 is 0 Å². The Morgan fingerprint density at radius 3 is 2.87 bits per heavy atom. The molecule has 1 aromatic heterocycles. The number of nitro groups is 1. The van der Waals surface area contributed by atoms with Crippen molar-refractivity contribution >= 4 is 38.6 Å². The summed E-state index contributed by atoms with van der Waals surface area (Å²) >= 11 is 1.24. The van der Waals surface area contributed by atoms with Crippen molar-refractivity contribution < 1.29 is 14.8 Å². The van der Waals surface area contributed by atoms with E-state index in [4.69, 9.17) is 4.74 Å². The van der Waals surface area contributed by atoms with Gasteiger partial charge in [0.15, 0.2) is 17.0 Å². The Hall–Kier alpha value is -3.00. The van der Waals surface area contributed by atoms with Crippen LogP contribution in [0.25, 0.3) is 10.2 Å². The number of hydrogen-bond donors (Lipinski definition) is 1. The van der Waals surface area contributed by atoms with E-state index in [1.54, 1.807) is 30.3 Å². The maximum absolute atomic E-state index is 11.0. The first-order chi connectivity index (χ1) is 11.1. The molecule has 0 unspecified atom stereocenters. The summed E-state index contributed by atoms with van der Waals surface area (Å²) in [7, 11) is 1.46. The quantitative estimate of drug-likeness (QED) is 0.447. The average molecular weight is 329 g/mol. The first kappa shape index (κ1) is 14.9. The second kappa shape index (κ2) is 6.01. The molecule has 2 aromatic carbocycles. The number of non-ortho nitro benzene ring substituents is 1. The summed E-state index contributed by atoms with van der Waals surface area (Å²) < 4.78 is 5.71. The Bertz CT molecular complexity index is 920. The zero-order valence-electron chi connectivity index (χ0n) is 12.0. The van der Waals surface area contributed by atoms with Gasteiger partial charge in [0, 0.05) is 17.8 Å². The van der Waals surface area contributed by atoms with Gasteiger partial charge in [-0.25, -0.2) is 9.98 Å². The minimum Gasteiger partial charge on any atom is -0.504 e. The van der Waals surface area contributed by atoms with E-state index in [-0.39, 0.29) is 11.4 Å². The van der Waals surface area contributed by atoms with Crippen molar-refractivity contribution in [2.45, 2.75) is 0 Å². The summed E-state index contributed by atoms with van der Waals surface area (Å²) in [6.45, 7) is 0. The highest BCUT2D eigenvalue weighted by atomic mass is 32.1. The Labute approximate surface area is 134 Å². The number of ether oxygens (including phenoxy) is 1. The van der Waals surface area contributed by atoms with Crippen molar-refractivity contribution in [1.29, 1.82) is 0 Å². The van der Waals surface area contributed by atoms with Gasteiger partial charge >= 0.3 is 0 Å². The normalized spacial score (nSPS) is 11.2. The second-order valence-corrected chi connectivity index (χ2v) is 5.54. The molecule has 0 saturated heterocycles. The number of fused-ring (bicyclic) bond motifs is 1. The van der Waals surface area contributed by atoms with Crippen LogP contribution in [-0.4, -0.2) is 28.3 Å². The summed E-state index contributed by atoms with van der Waals surface area (Å²) in [4.78, 5) is 18.9. The van der Waals surface area contributed by atoms with Crippen LogP contribution in [0.4, 0.5) is 10.8 Å². The van der Waals surface area contributed by atoms with Gasteiger partial charge in [-0.15, -0.1) is 0 Å². The van der Waals surface area contributed by atoms with Crippen LogP contribution in [0.15, 0.2) is 41.4 Å². The highest BCUT2D eigenvalue weighted by Crippen LogP contribution is 2.34. The van der Waals surface area contributed by atoms with Crippen LogP contribution in [0.1, 0.15) is 5.56 Å². The lowest BCUT2D eigenvalue weighted by molar-refractivity contribution is -0.383. The Morgan fingerprint density at radius 2 is 2.13 bits per heavy atom. The van der Waals surface area contributed by atoms with Crippen molar-refractivity contribution in [1.82, 2.24) is 4.98 Å². The molecule has 0 aliphatic heterocycles. The maximum atomic E-state index is 11.0. The Balaban J connectivity index is 1.99. The lowest BCUT2D eigenvalue weighted by atomic mass is 10.2. The smallest absolute Gasteiger partial charge is 0.296 e. The predicted molar refractivity (Wildman–Crippen MR) is 88.2 cm³/mol. The molecule has 0 atom stereocenters. The summed E-state index contributed by atoms with van der Waals surface area (Å²) in [6, 6.07) is 9.81. The first-order valence-corrected chi connectivity index (χ1v) is 7.36. The van der Waals surface area contributed by atoms with Crippen LogP contribution in [0, 0.1) is 10.1 Å². The zero-order chi connectivity index (χ0) is 16.4. The SMILES string of the molecule is COc1cccc(/C=N/c2nc3c([N+](=O)[O-])cccc3s2)c1O. The number of aromatic nitrogens is 1. The number of phenols is 1. The molecule has 116 valence electrons. The number of hydrogen-bond acceptors (Lipinski definition) is 7. The largest absolute Gasteiger partial charge is 0.504 e. The van der Waals surface area contributed by atoms with Gasteiger partial charge in [-0.3, -0.25) is 10.1 Å². The fourth-order valence-corrected chi connectivity index (χ4v) is 2.89. The van der Waals surface area contributed by atoms with Gasteiger partial charge in [0.2, 0.25) is 5.13 Å². The van der Waals surface area contributed by atoms with Gasteiger partial charge < -0.3 is 9.84 Å². The fourth-order valence-electron chi connectivity index (χ4n) is 2.06. The lowest BCUT2D eigenvalue weighted by Gasteiger charge is -2.04. The van der Waals surface area contributed by atoms with Crippen molar-refractivity contribution in [3.05, 3.63) is 52.1 Å². The third kappa shape index (κ3) is 2.84. The lowest BCUT2D eigenvalue weighted by Crippen LogP contribution is -1.88. The van der Waals surface area contributed by atoms with Crippen LogP contribution in [0.3, 0.4) is 0 Å². The molecule has 1 heterocycles. The van der Waals surface area contributed by atoms with Crippen LogP contribution >= 0.6 is 11.3 Å². The van der Waals surface area contributed by atoms with Gasteiger partial charge in [0.1, 0.15) is 0 Å². The standard InChI is InChI=1S/C15H11N3O4S/c1-22-11-6-2-4-9(14(11)19)8-16-15-17-13-10(18(20)21)5-3-7-12(13)23-15/h2-8,19H,1H3/b16-8+. The van der Waals surface area contributed by atoms with Crippen LogP contribution in [0.5, 0.6) is 11.5 Å². The van der Waals surface area contributed by atoms with Crippen LogP contribution in [-0.2, 0) is 0 Å². The third-order valence-electron chi connectivity index (χ3n) is 3.15. The van der Waals surface area contributed by atoms with Gasteiger partial charge in [-0.1, -0.05) is 23.5 Å². The highest BCUT2D eigenvalue weighted by Gasteiger charge is 2.15. The van der Waals surface area contributed by atoms with Gasteiger partial charge in [-0.05, 0) is 18.2 Å². The molecule has 1 N–H and O–H groups in total. The van der Waals surface area contributed by atoms with Crippen molar-refractivity contribution in [2.24, 2.45) is 4.99 Å². The van der Waals surface area contributed by atoms with E-state index in [0.29, 0.717) is 26.7 Å². The van der Waals surface area contributed by atoms with E-state index in [9.17, 15) is 15.2 Å². The molecule has 3 rings (SSSR count). The number of rotatable bonds is 4. The molecule has 0 saturated carbocycles. The van der Waals surface area contributed by atoms with E-state index in [1.807, 2.05) is 0 Å². The molecular formula is C15H11N3O4S. The number of thiazole rings is 1. The molecule has 0 fully saturated rings. The molecular weight excluding hydrogens is 318 g/mol. The number of aromatic hydroxyl groups is 1. The molecule has 8 heteroatoms. The molecule has 23 heavy (non-hydrogen) atoms. The molecule has 3 aromatic rings. The monoisotopic (exact) mass is 329 g/mol.